The Morgan fingerprint density at radius 3 is 2.68 bits per heavy atom. The van der Waals surface area contributed by atoms with Crippen LogP contribution in [0.15, 0.2) is 30.5 Å². The van der Waals surface area contributed by atoms with E-state index >= 15 is 0 Å². The molecule has 0 bridgehead atoms. The third-order valence-electron chi connectivity index (χ3n) is 4.65. The van der Waals surface area contributed by atoms with Crippen LogP contribution in [0.1, 0.15) is 16.1 Å². The lowest BCUT2D eigenvalue weighted by Gasteiger charge is -2.23. The number of ketones is 1. The van der Waals surface area contributed by atoms with Gasteiger partial charge in [-0.15, -0.1) is 0 Å². The minimum absolute atomic E-state index is 0.0935. The lowest BCUT2D eigenvalue weighted by atomic mass is 9.83. The van der Waals surface area contributed by atoms with Crippen molar-refractivity contribution in [1.82, 2.24) is 4.98 Å². The van der Waals surface area contributed by atoms with Gasteiger partial charge in [0.15, 0.2) is 11.5 Å². The number of carbonyl (C=O) groups excluding carboxylic acids is 1. The van der Waals surface area contributed by atoms with Crippen LogP contribution in [-0.4, -0.2) is 31.8 Å². The van der Waals surface area contributed by atoms with Crippen LogP contribution in [0.25, 0.3) is 21.9 Å². The maximum atomic E-state index is 13.0. The van der Waals surface area contributed by atoms with Gasteiger partial charge in [0.25, 0.3) is 0 Å². The Morgan fingerprint density at radius 1 is 1.04 bits per heavy atom. The molecule has 3 aromatic rings. The monoisotopic (exact) mass is 335 g/mol. The highest BCUT2D eigenvalue weighted by atomic mass is 16.7. The molecular formula is C19H13NO5. The molecule has 0 spiro atoms. The van der Waals surface area contributed by atoms with Gasteiger partial charge in [0.2, 0.25) is 18.3 Å². The summed E-state index contributed by atoms with van der Waals surface area (Å²) in [5, 5.41) is 1.46. The molecule has 2 heterocycles. The van der Waals surface area contributed by atoms with Gasteiger partial charge in [-0.1, -0.05) is 12.1 Å². The first kappa shape index (κ1) is 14.1. The second-order valence-corrected chi connectivity index (χ2v) is 5.77. The van der Waals surface area contributed by atoms with Crippen LogP contribution in [0.3, 0.4) is 0 Å². The van der Waals surface area contributed by atoms with E-state index in [-0.39, 0.29) is 12.6 Å². The molecule has 0 radical (unpaired) electrons. The van der Waals surface area contributed by atoms with Crippen LogP contribution >= 0.6 is 0 Å². The Balaban J connectivity index is 2.06. The number of aromatic nitrogens is 1. The molecule has 0 fully saturated rings. The minimum Gasteiger partial charge on any atom is -0.496 e. The Kier molecular flexibility index (Phi) is 2.74. The smallest absolute Gasteiger partial charge is 0.231 e. The second-order valence-electron chi connectivity index (χ2n) is 5.77. The predicted octanol–water partition coefficient (Wildman–Crippen LogP) is 3.19. The van der Waals surface area contributed by atoms with Crippen LogP contribution < -0.4 is 18.9 Å². The number of benzene rings is 2. The van der Waals surface area contributed by atoms with E-state index in [4.69, 9.17) is 18.9 Å². The van der Waals surface area contributed by atoms with Gasteiger partial charge in [-0.2, -0.15) is 0 Å². The number of hydrogen-bond acceptors (Lipinski definition) is 6. The fraction of sp³-hybridized carbons (Fsp3) is 0.158. The van der Waals surface area contributed by atoms with Crippen molar-refractivity contribution in [3.8, 4) is 34.1 Å². The number of pyridine rings is 1. The van der Waals surface area contributed by atoms with Crippen molar-refractivity contribution >= 4 is 16.6 Å². The summed E-state index contributed by atoms with van der Waals surface area (Å²) < 4.78 is 22.5. The lowest BCUT2D eigenvalue weighted by molar-refractivity contribution is 0.103. The first-order valence-electron chi connectivity index (χ1n) is 7.76. The van der Waals surface area contributed by atoms with Gasteiger partial charge in [0.1, 0.15) is 11.4 Å². The molecule has 0 N–H and O–H groups in total. The zero-order valence-electron chi connectivity index (χ0n) is 13.6. The van der Waals surface area contributed by atoms with Gasteiger partial charge >= 0.3 is 0 Å². The number of rotatable bonds is 2. The molecule has 0 saturated heterocycles. The van der Waals surface area contributed by atoms with E-state index in [0.717, 1.165) is 10.9 Å². The average Bonchev–Trinajstić information content (AvgIpc) is 3.13. The van der Waals surface area contributed by atoms with Crippen LogP contribution in [0.5, 0.6) is 23.0 Å². The van der Waals surface area contributed by atoms with Gasteiger partial charge in [-0.25, -0.2) is 0 Å². The molecule has 2 aromatic carbocycles. The maximum absolute atomic E-state index is 13.0. The quantitative estimate of drug-likeness (QED) is 0.560. The molecule has 124 valence electrons. The van der Waals surface area contributed by atoms with Crippen molar-refractivity contribution in [3.05, 3.63) is 41.7 Å². The number of methoxy groups -OCH3 is 2. The summed E-state index contributed by atoms with van der Waals surface area (Å²) in [5.41, 5.74) is 2.38. The van der Waals surface area contributed by atoms with E-state index in [1.807, 2.05) is 12.1 Å². The van der Waals surface area contributed by atoms with Gasteiger partial charge in [0.05, 0.1) is 14.2 Å². The molecule has 6 nitrogen and oxygen atoms in total. The molecule has 0 unspecified atom stereocenters. The largest absolute Gasteiger partial charge is 0.496 e. The van der Waals surface area contributed by atoms with Gasteiger partial charge < -0.3 is 18.9 Å². The van der Waals surface area contributed by atoms with Crippen molar-refractivity contribution in [1.29, 1.82) is 0 Å². The molecule has 0 saturated carbocycles. The highest BCUT2D eigenvalue weighted by molar-refractivity contribution is 6.27. The Hall–Kier alpha value is -3.28. The first-order chi connectivity index (χ1) is 12.3. The molecule has 1 aliphatic carbocycles. The maximum Gasteiger partial charge on any atom is 0.231 e. The van der Waals surface area contributed by atoms with Crippen molar-refractivity contribution in [3.63, 3.8) is 0 Å². The summed E-state index contributed by atoms with van der Waals surface area (Å²) in [6.07, 6.45) is 1.61. The van der Waals surface area contributed by atoms with Crippen molar-refractivity contribution in [2.24, 2.45) is 0 Å². The number of nitrogens with zero attached hydrogens (tertiary/aromatic N) is 1. The summed E-state index contributed by atoms with van der Waals surface area (Å²) in [6.45, 7) is 0.0935. The fourth-order valence-corrected chi connectivity index (χ4v) is 3.66. The van der Waals surface area contributed by atoms with Crippen LogP contribution in [0.4, 0.5) is 0 Å². The van der Waals surface area contributed by atoms with E-state index in [9.17, 15) is 4.79 Å². The van der Waals surface area contributed by atoms with Gasteiger partial charge in [-0.05, 0) is 12.1 Å². The molecule has 25 heavy (non-hydrogen) atoms. The number of hydrogen-bond donors (Lipinski definition) is 0. The lowest BCUT2D eigenvalue weighted by Crippen LogP contribution is -2.13. The molecule has 2 aliphatic rings. The van der Waals surface area contributed by atoms with E-state index in [1.165, 1.54) is 0 Å². The van der Waals surface area contributed by atoms with Crippen LogP contribution in [-0.2, 0) is 0 Å². The normalized spacial score (nSPS) is 13.8. The fourth-order valence-electron chi connectivity index (χ4n) is 3.66. The molecular weight excluding hydrogens is 322 g/mol. The van der Waals surface area contributed by atoms with E-state index in [1.54, 1.807) is 32.5 Å². The highest BCUT2D eigenvalue weighted by Gasteiger charge is 2.37. The zero-order valence-corrected chi connectivity index (χ0v) is 13.6. The van der Waals surface area contributed by atoms with Crippen molar-refractivity contribution in [2.45, 2.75) is 0 Å². The average molecular weight is 335 g/mol. The molecule has 5 rings (SSSR count). The summed E-state index contributed by atoms with van der Waals surface area (Å²) in [7, 11) is 3.15. The van der Waals surface area contributed by atoms with Crippen molar-refractivity contribution in [2.75, 3.05) is 21.0 Å². The zero-order chi connectivity index (χ0) is 17.1. The number of ether oxygens (including phenoxy) is 4. The summed E-state index contributed by atoms with van der Waals surface area (Å²) in [5.74, 6) is 2.09. The Bertz CT molecular complexity index is 1070. The molecule has 1 aliphatic heterocycles. The number of carbonyl (C=O) groups is 1. The summed E-state index contributed by atoms with van der Waals surface area (Å²) >= 11 is 0. The van der Waals surface area contributed by atoms with Gasteiger partial charge in [0, 0.05) is 33.7 Å². The van der Waals surface area contributed by atoms with Gasteiger partial charge in [-0.3, -0.25) is 9.78 Å². The number of fused-ring (bicyclic) bond motifs is 4. The third-order valence-corrected chi connectivity index (χ3v) is 4.65. The van der Waals surface area contributed by atoms with E-state index in [2.05, 4.69) is 4.98 Å². The molecule has 0 amide bonds. The van der Waals surface area contributed by atoms with Crippen LogP contribution in [0, 0.1) is 0 Å². The second kappa shape index (κ2) is 4.86. The predicted molar refractivity (Wildman–Crippen MR) is 89.8 cm³/mol. The molecule has 1 aromatic heterocycles. The Labute approximate surface area is 142 Å². The van der Waals surface area contributed by atoms with Crippen molar-refractivity contribution < 1.29 is 23.7 Å². The van der Waals surface area contributed by atoms with E-state index < -0.39 is 0 Å². The first-order valence-corrected chi connectivity index (χ1v) is 7.76. The standard InChI is InChI=1S/C19H13NO5/c1-22-11-5-3-4-9-12(11)14-13-10(6-7-20-15(13)16(9)21)17(23-2)19-18(14)24-8-25-19/h3-7H,8H2,1-2H3. The minimum atomic E-state index is -0.145. The summed E-state index contributed by atoms with van der Waals surface area (Å²) in [4.78, 5) is 17.4. The third kappa shape index (κ3) is 1.63. The Morgan fingerprint density at radius 2 is 1.88 bits per heavy atom. The topological polar surface area (TPSA) is 66.9 Å². The summed E-state index contributed by atoms with van der Waals surface area (Å²) in [6, 6.07) is 7.21. The molecule has 6 heteroatoms. The SMILES string of the molecule is COc1cccc2c1-c1c3c(c(OC)c4ccnc(c14)C2=O)OCO3. The van der Waals surface area contributed by atoms with Crippen LogP contribution in [0.2, 0.25) is 0 Å². The highest BCUT2D eigenvalue weighted by Crippen LogP contribution is 2.57. The molecule has 0 atom stereocenters. The van der Waals surface area contributed by atoms with E-state index in [0.29, 0.717) is 45.2 Å².